The number of benzene rings is 2. The van der Waals surface area contributed by atoms with Crippen LogP contribution in [0.25, 0.3) is 10.4 Å². The fourth-order valence-electron chi connectivity index (χ4n) is 2.28. The second kappa shape index (κ2) is 6.62. The molecule has 0 spiro atoms. The third kappa shape index (κ3) is 2.90. The van der Waals surface area contributed by atoms with Gasteiger partial charge in [0.2, 0.25) is 0 Å². The summed E-state index contributed by atoms with van der Waals surface area (Å²) >= 11 is 0. The fourth-order valence-corrected chi connectivity index (χ4v) is 2.28. The number of para-hydroxylation sites is 1. The minimum absolute atomic E-state index is 0.639. The summed E-state index contributed by atoms with van der Waals surface area (Å²) in [6, 6.07) is 13.4. The molecular weight excluding hydrogens is 262 g/mol. The van der Waals surface area contributed by atoms with Gasteiger partial charge in [-0.3, -0.25) is 0 Å². The molecule has 0 fully saturated rings. The molecule has 0 radical (unpaired) electrons. The van der Waals surface area contributed by atoms with E-state index < -0.39 is 0 Å². The quantitative estimate of drug-likeness (QED) is 0.757. The van der Waals surface area contributed by atoms with Crippen molar-refractivity contribution in [3.8, 4) is 11.5 Å². The zero-order valence-electron chi connectivity index (χ0n) is 12.4. The molecule has 0 aliphatic heterocycles. The predicted octanol–water partition coefficient (Wildman–Crippen LogP) is 4.71. The van der Waals surface area contributed by atoms with Gasteiger partial charge in [0, 0.05) is 0 Å². The molecule has 0 N–H and O–H groups in total. The first-order valence-corrected chi connectivity index (χ1v) is 6.60. The van der Waals surface area contributed by atoms with Crippen LogP contribution in [0.5, 0.6) is 11.5 Å². The maximum absolute atomic E-state index is 7.31. The van der Waals surface area contributed by atoms with Crippen LogP contribution in [0, 0.1) is 6.57 Å². The molecule has 2 aromatic carbocycles. The zero-order valence-corrected chi connectivity index (χ0v) is 12.4. The van der Waals surface area contributed by atoms with E-state index in [1.165, 1.54) is 0 Å². The highest BCUT2D eigenvalue weighted by Crippen LogP contribution is 2.35. The maximum Gasteiger partial charge on any atom is 0.194 e. The minimum atomic E-state index is 0.639. The molecule has 0 heterocycles. The van der Waals surface area contributed by atoms with Crippen LogP contribution >= 0.6 is 0 Å². The molecule has 106 valence electrons. The Morgan fingerprint density at radius 1 is 1.05 bits per heavy atom. The Bertz CT molecular complexity index is 711. The molecule has 2 rings (SSSR count). The minimum Gasteiger partial charge on any atom is -0.493 e. The predicted molar refractivity (Wildman–Crippen MR) is 85.0 cm³/mol. The van der Waals surface area contributed by atoms with Crippen molar-refractivity contribution in [2.24, 2.45) is 0 Å². The van der Waals surface area contributed by atoms with Crippen molar-refractivity contribution in [1.29, 1.82) is 0 Å². The highest BCUT2D eigenvalue weighted by molar-refractivity contribution is 5.86. The number of hydrogen-bond acceptors (Lipinski definition) is 2. The van der Waals surface area contributed by atoms with Crippen molar-refractivity contribution in [3.63, 3.8) is 0 Å². The maximum atomic E-state index is 7.31. The average Bonchev–Trinajstić information content (AvgIpc) is 2.55. The molecule has 21 heavy (non-hydrogen) atoms. The van der Waals surface area contributed by atoms with Gasteiger partial charge in [-0.05, 0) is 35.8 Å². The molecule has 0 aliphatic rings. The van der Waals surface area contributed by atoms with E-state index >= 15 is 0 Å². The lowest BCUT2D eigenvalue weighted by Gasteiger charge is -2.13. The summed E-state index contributed by atoms with van der Waals surface area (Å²) < 4.78 is 10.6. The summed E-state index contributed by atoms with van der Waals surface area (Å²) in [6.07, 6.45) is 2.01. The van der Waals surface area contributed by atoms with E-state index in [-0.39, 0.29) is 0 Å². The van der Waals surface area contributed by atoms with Gasteiger partial charge in [-0.15, -0.1) is 0 Å². The normalized spacial score (nSPS) is 10.9. The molecule has 0 unspecified atom stereocenters. The van der Waals surface area contributed by atoms with Crippen molar-refractivity contribution >= 4 is 11.3 Å². The topological polar surface area (TPSA) is 22.8 Å². The van der Waals surface area contributed by atoms with Gasteiger partial charge in [0.25, 0.3) is 0 Å². The average molecular weight is 279 g/mol. The zero-order chi connectivity index (χ0) is 15.2. The Labute approximate surface area is 125 Å². The van der Waals surface area contributed by atoms with Crippen molar-refractivity contribution in [1.82, 2.24) is 0 Å². The Balaban J connectivity index is 2.56. The number of rotatable bonds is 4. The van der Waals surface area contributed by atoms with Crippen molar-refractivity contribution in [3.05, 3.63) is 71.1 Å². The van der Waals surface area contributed by atoms with Gasteiger partial charge in [-0.1, -0.05) is 36.4 Å². The molecule has 0 saturated heterocycles. The van der Waals surface area contributed by atoms with Crippen molar-refractivity contribution < 1.29 is 9.47 Å². The second-order valence-electron chi connectivity index (χ2n) is 4.40. The molecule has 0 saturated carbocycles. The second-order valence-corrected chi connectivity index (χ2v) is 4.40. The van der Waals surface area contributed by atoms with Gasteiger partial charge >= 0.3 is 0 Å². The van der Waals surface area contributed by atoms with Gasteiger partial charge in [0.05, 0.1) is 20.8 Å². The molecule has 0 amide bonds. The van der Waals surface area contributed by atoms with E-state index in [0.717, 1.165) is 16.7 Å². The first kappa shape index (κ1) is 14.7. The van der Waals surface area contributed by atoms with Gasteiger partial charge in [-0.2, -0.15) is 0 Å². The Morgan fingerprint density at radius 3 is 2.38 bits per heavy atom. The largest absolute Gasteiger partial charge is 0.493 e. The highest BCUT2D eigenvalue weighted by Gasteiger charge is 2.11. The molecule has 0 atom stereocenters. The first-order chi connectivity index (χ1) is 10.2. The summed E-state index contributed by atoms with van der Waals surface area (Å²) in [6.45, 7) is 9.28. The molecule has 0 aliphatic carbocycles. The van der Waals surface area contributed by atoms with Crippen LogP contribution in [0.15, 0.2) is 48.5 Å². The van der Waals surface area contributed by atoms with Crippen LogP contribution in [0.2, 0.25) is 0 Å². The molecular formula is C18H17NO2. The van der Waals surface area contributed by atoms with Crippen LogP contribution in [-0.4, -0.2) is 14.2 Å². The van der Waals surface area contributed by atoms with Crippen LogP contribution < -0.4 is 9.47 Å². The standard InChI is InChI=1S/C18H17NO2/c1-5-14(15-8-6-7-9-16(15)19-2)13-10-11-17(20-3)18(12-13)21-4/h5-12H,1,3-4H3/b14-5+. The third-order valence-corrected chi connectivity index (χ3v) is 3.30. The first-order valence-electron chi connectivity index (χ1n) is 6.60. The van der Waals surface area contributed by atoms with Crippen LogP contribution in [-0.2, 0) is 0 Å². The molecule has 3 heteroatoms. The van der Waals surface area contributed by atoms with Crippen LogP contribution in [0.3, 0.4) is 0 Å². The van der Waals surface area contributed by atoms with E-state index in [1.54, 1.807) is 14.2 Å². The lowest BCUT2D eigenvalue weighted by Crippen LogP contribution is -1.93. The molecule has 0 bridgehead atoms. The van der Waals surface area contributed by atoms with E-state index in [9.17, 15) is 0 Å². The molecule has 3 nitrogen and oxygen atoms in total. The van der Waals surface area contributed by atoms with Crippen molar-refractivity contribution in [2.45, 2.75) is 6.92 Å². The van der Waals surface area contributed by atoms with E-state index in [0.29, 0.717) is 17.2 Å². The number of methoxy groups -OCH3 is 2. The summed E-state index contributed by atoms with van der Waals surface area (Å²) in [5.74, 6) is 1.37. The van der Waals surface area contributed by atoms with Crippen LogP contribution in [0.4, 0.5) is 5.69 Å². The Kier molecular flexibility index (Phi) is 4.63. The number of ether oxygens (including phenoxy) is 2. The van der Waals surface area contributed by atoms with Gasteiger partial charge < -0.3 is 9.47 Å². The van der Waals surface area contributed by atoms with Gasteiger partial charge in [-0.25, -0.2) is 4.85 Å². The monoisotopic (exact) mass is 279 g/mol. The van der Waals surface area contributed by atoms with Gasteiger partial charge in [0.15, 0.2) is 17.2 Å². The lowest BCUT2D eigenvalue weighted by atomic mass is 9.96. The molecule has 0 aromatic heterocycles. The molecule has 2 aromatic rings. The van der Waals surface area contributed by atoms with E-state index in [1.807, 2.05) is 55.5 Å². The van der Waals surface area contributed by atoms with Gasteiger partial charge in [0.1, 0.15) is 0 Å². The van der Waals surface area contributed by atoms with E-state index in [4.69, 9.17) is 16.0 Å². The van der Waals surface area contributed by atoms with Crippen LogP contribution in [0.1, 0.15) is 18.1 Å². The summed E-state index contributed by atoms with van der Waals surface area (Å²) in [7, 11) is 3.23. The highest BCUT2D eigenvalue weighted by atomic mass is 16.5. The fraction of sp³-hybridized carbons (Fsp3) is 0.167. The summed E-state index contributed by atoms with van der Waals surface area (Å²) in [5, 5.41) is 0. The lowest BCUT2D eigenvalue weighted by molar-refractivity contribution is 0.355. The number of allylic oxidation sites excluding steroid dienone is 1. The SMILES string of the molecule is [C-]#[N+]c1ccccc1/C(=C/C)c1ccc(OC)c(OC)c1. The smallest absolute Gasteiger partial charge is 0.194 e. The van der Waals surface area contributed by atoms with E-state index in [2.05, 4.69) is 4.85 Å². The summed E-state index contributed by atoms with van der Waals surface area (Å²) in [5.41, 5.74) is 3.55. The number of nitrogens with zero attached hydrogens (tertiary/aromatic N) is 1. The Morgan fingerprint density at radius 2 is 1.76 bits per heavy atom. The summed E-state index contributed by atoms with van der Waals surface area (Å²) in [4.78, 5) is 3.59. The number of hydrogen-bond donors (Lipinski definition) is 0. The Hall–Kier alpha value is -2.73. The third-order valence-electron chi connectivity index (χ3n) is 3.30. The van der Waals surface area contributed by atoms with Crippen molar-refractivity contribution in [2.75, 3.05) is 14.2 Å².